The number of nitrogens with one attached hydrogen (secondary N) is 3. The molecule has 0 atom stereocenters. The van der Waals surface area contributed by atoms with Crippen molar-refractivity contribution in [3.8, 4) is 5.75 Å². The summed E-state index contributed by atoms with van der Waals surface area (Å²) >= 11 is 0. The van der Waals surface area contributed by atoms with Crippen LogP contribution in [0.15, 0.2) is 110 Å². The van der Waals surface area contributed by atoms with Gasteiger partial charge in [-0.05, 0) is 72.4 Å². The number of ether oxygens (including phenoxy) is 2. The molecule has 0 aliphatic carbocycles. The van der Waals surface area contributed by atoms with Gasteiger partial charge in [-0.25, -0.2) is 0 Å². The normalized spacial score (nSPS) is 13.0. The number of aryl methyl sites for hydroxylation is 5. The van der Waals surface area contributed by atoms with E-state index < -0.39 is 0 Å². The van der Waals surface area contributed by atoms with Gasteiger partial charge in [-0.15, -0.1) is 5.10 Å². The number of rotatable bonds is 18. The van der Waals surface area contributed by atoms with Crippen LogP contribution in [0.1, 0.15) is 60.1 Å². The van der Waals surface area contributed by atoms with Gasteiger partial charge in [0, 0.05) is 70.5 Å². The Morgan fingerprint density at radius 3 is 2.30 bits per heavy atom. The summed E-state index contributed by atoms with van der Waals surface area (Å²) in [6.45, 7) is 5.52. The summed E-state index contributed by atoms with van der Waals surface area (Å²) in [4.78, 5) is 42.6. The average Bonchev–Trinajstić information content (AvgIpc) is 4.01. The first-order valence-corrected chi connectivity index (χ1v) is 20.2. The van der Waals surface area contributed by atoms with Gasteiger partial charge in [-0.3, -0.25) is 24.0 Å². The molecule has 1 fully saturated rings. The first kappa shape index (κ1) is 41.4. The zero-order chi connectivity index (χ0) is 41.7. The van der Waals surface area contributed by atoms with E-state index in [1.54, 1.807) is 55.4 Å². The fraction of sp³-hybridized carbons (Fsp3) is 0.283. The highest BCUT2D eigenvalue weighted by molar-refractivity contribution is 6.07. The molecule has 4 heterocycles. The SMILES string of the molecule is COc1cccc(/C=C/c2ccc(C(=O)Nc3cc(C(=O)Nc4cc(C(=O)NCCN5CCOCC5)n(CCCc5cn(CCc6ccccc6)nn5)c4)n(C)c3)cc2)c1. The number of carbonyl (C=O) groups is 3. The van der Waals surface area contributed by atoms with Crippen molar-refractivity contribution in [3.63, 3.8) is 0 Å². The highest BCUT2D eigenvalue weighted by Crippen LogP contribution is 2.21. The van der Waals surface area contributed by atoms with E-state index in [0.29, 0.717) is 67.5 Å². The predicted molar refractivity (Wildman–Crippen MR) is 232 cm³/mol. The maximum atomic E-state index is 13.6. The topological polar surface area (TPSA) is 150 Å². The third kappa shape index (κ3) is 11.5. The van der Waals surface area contributed by atoms with Gasteiger partial charge in [-0.2, -0.15) is 0 Å². The van der Waals surface area contributed by atoms with Crippen molar-refractivity contribution < 1.29 is 23.9 Å². The number of hydrogen-bond donors (Lipinski definition) is 3. The summed E-state index contributed by atoms with van der Waals surface area (Å²) < 4.78 is 16.1. The minimum atomic E-state index is -0.381. The van der Waals surface area contributed by atoms with Crippen LogP contribution in [0.3, 0.4) is 0 Å². The molecule has 60 heavy (non-hydrogen) atoms. The zero-order valence-corrected chi connectivity index (χ0v) is 34.0. The number of benzene rings is 3. The van der Waals surface area contributed by atoms with Gasteiger partial charge in [0.05, 0.1) is 37.4 Å². The second kappa shape index (κ2) is 20.3. The molecule has 1 aliphatic heterocycles. The Labute approximate surface area is 349 Å². The highest BCUT2D eigenvalue weighted by atomic mass is 16.5. The molecule has 3 amide bonds. The van der Waals surface area contributed by atoms with E-state index in [4.69, 9.17) is 9.47 Å². The van der Waals surface area contributed by atoms with Gasteiger partial charge < -0.3 is 34.6 Å². The Hall–Kier alpha value is -6.77. The third-order valence-corrected chi connectivity index (χ3v) is 10.3. The van der Waals surface area contributed by atoms with E-state index in [0.717, 1.165) is 55.2 Å². The van der Waals surface area contributed by atoms with Crippen molar-refractivity contribution in [2.75, 3.05) is 57.1 Å². The maximum absolute atomic E-state index is 13.6. The first-order chi connectivity index (χ1) is 29.3. The Morgan fingerprint density at radius 1 is 0.750 bits per heavy atom. The Bertz CT molecular complexity index is 2390. The van der Waals surface area contributed by atoms with Crippen LogP contribution in [0.25, 0.3) is 12.2 Å². The summed E-state index contributed by atoms with van der Waals surface area (Å²) in [5.74, 6) is -0.120. The summed E-state index contributed by atoms with van der Waals surface area (Å²) in [5.41, 5.74) is 6.28. The van der Waals surface area contributed by atoms with E-state index in [9.17, 15) is 14.4 Å². The van der Waals surface area contributed by atoms with E-state index in [2.05, 4.69) is 43.3 Å². The van der Waals surface area contributed by atoms with Crippen LogP contribution in [-0.4, -0.2) is 93.3 Å². The molecule has 1 aliphatic rings. The summed E-state index contributed by atoms with van der Waals surface area (Å²) in [7, 11) is 3.38. The quantitative estimate of drug-likeness (QED) is 0.0891. The molecular formula is C46H51N9O5. The monoisotopic (exact) mass is 809 g/mol. The van der Waals surface area contributed by atoms with Crippen LogP contribution in [0.2, 0.25) is 0 Å². The van der Waals surface area contributed by atoms with Gasteiger partial charge in [0.25, 0.3) is 17.7 Å². The van der Waals surface area contributed by atoms with Crippen molar-refractivity contribution in [2.24, 2.45) is 7.05 Å². The van der Waals surface area contributed by atoms with Gasteiger partial charge >= 0.3 is 0 Å². The third-order valence-electron chi connectivity index (χ3n) is 10.3. The Morgan fingerprint density at radius 2 is 1.50 bits per heavy atom. The van der Waals surface area contributed by atoms with E-state index >= 15 is 0 Å². The number of anilines is 2. The van der Waals surface area contributed by atoms with Gasteiger partial charge in [-0.1, -0.05) is 72.0 Å². The second-order valence-electron chi connectivity index (χ2n) is 14.7. The molecule has 7 rings (SSSR count). The molecule has 14 heteroatoms. The van der Waals surface area contributed by atoms with E-state index in [1.165, 1.54) is 5.56 Å². The summed E-state index contributed by atoms with van der Waals surface area (Å²) in [6.07, 6.45) is 11.6. The number of hydrogen-bond acceptors (Lipinski definition) is 8. The fourth-order valence-corrected chi connectivity index (χ4v) is 7.02. The molecule has 0 unspecified atom stereocenters. The summed E-state index contributed by atoms with van der Waals surface area (Å²) in [5, 5.41) is 17.6. The number of aromatic nitrogens is 5. The largest absolute Gasteiger partial charge is 0.497 e. The fourth-order valence-electron chi connectivity index (χ4n) is 7.02. The number of methoxy groups -OCH3 is 1. The zero-order valence-electron chi connectivity index (χ0n) is 34.0. The number of amides is 3. The van der Waals surface area contributed by atoms with Crippen LogP contribution >= 0.6 is 0 Å². The van der Waals surface area contributed by atoms with E-state index in [-0.39, 0.29) is 17.7 Å². The Balaban J connectivity index is 0.964. The van der Waals surface area contributed by atoms with Crippen molar-refractivity contribution >= 4 is 41.2 Å². The van der Waals surface area contributed by atoms with Crippen LogP contribution in [0.5, 0.6) is 5.75 Å². The molecule has 0 spiro atoms. The molecule has 3 aromatic heterocycles. The smallest absolute Gasteiger partial charge is 0.272 e. The standard InChI is InChI=1S/C46H51N9O5/c1-52-31-39(48-44(56)37-17-15-35(16-18-37)13-14-36-10-6-12-41(28-36)59-2)29-42(52)46(58)49-40-30-43(45(57)47-20-23-53-24-26-60-27-25-53)54(32-40)21-7-11-38-33-55(51-50-38)22-19-34-8-4-3-5-9-34/h3-6,8-10,12-18,28-33H,7,11,19-27H2,1-2H3,(H,47,57)(H,48,56)(H,49,58)/b14-13+. The lowest BCUT2D eigenvalue weighted by Crippen LogP contribution is -2.41. The molecule has 14 nitrogen and oxygen atoms in total. The molecule has 3 N–H and O–H groups in total. The van der Waals surface area contributed by atoms with E-state index in [1.807, 2.05) is 82.2 Å². The molecule has 0 bridgehead atoms. The van der Waals surface area contributed by atoms with Gasteiger partial charge in [0.2, 0.25) is 0 Å². The van der Waals surface area contributed by atoms with Crippen LogP contribution in [0, 0.1) is 0 Å². The Kier molecular flexibility index (Phi) is 14.0. The molecule has 1 saturated heterocycles. The minimum Gasteiger partial charge on any atom is -0.497 e. The molecule has 6 aromatic rings. The second-order valence-corrected chi connectivity index (χ2v) is 14.7. The minimum absolute atomic E-state index is 0.222. The first-order valence-electron chi connectivity index (χ1n) is 20.2. The predicted octanol–water partition coefficient (Wildman–Crippen LogP) is 6.04. The summed E-state index contributed by atoms with van der Waals surface area (Å²) in [6, 6.07) is 28.6. The number of nitrogens with zero attached hydrogens (tertiary/aromatic N) is 6. The van der Waals surface area contributed by atoms with Crippen LogP contribution in [-0.2, 0) is 37.7 Å². The molecule has 0 saturated carbocycles. The van der Waals surface area contributed by atoms with Crippen LogP contribution in [0.4, 0.5) is 11.4 Å². The van der Waals surface area contributed by atoms with Crippen molar-refractivity contribution in [1.82, 2.24) is 34.3 Å². The van der Waals surface area contributed by atoms with Crippen molar-refractivity contribution in [3.05, 3.63) is 149 Å². The lowest BCUT2D eigenvalue weighted by molar-refractivity contribution is 0.0383. The molecule has 0 radical (unpaired) electrons. The molecule has 3 aromatic carbocycles. The van der Waals surface area contributed by atoms with Crippen molar-refractivity contribution in [2.45, 2.75) is 32.4 Å². The maximum Gasteiger partial charge on any atom is 0.272 e. The van der Waals surface area contributed by atoms with Crippen molar-refractivity contribution in [1.29, 1.82) is 0 Å². The highest BCUT2D eigenvalue weighted by Gasteiger charge is 2.19. The average molecular weight is 810 g/mol. The van der Waals surface area contributed by atoms with Gasteiger partial charge in [0.15, 0.2) is 0 Å². The van der Waals surface area contributed by atoms with Gasteiger partial charge in [0.1, 0.15) is 17.1 Å². The molecule has 310 valence electrons. The van der Waals surface area contributed by atoms with Crippen LogP contribution < -0.4 is 20.7 Å². The number of morpholine rings is 1. The lowest BCUT2D eigenvalue weighted by Gasteiger charge is -2.26. The molecular weight excluding hydrogens is 759 g/mol. The lowest BCUT2D eigenvalue weighted by atomic mass is 10.1. The number of carbonyl (C=O) groups excluding carboxylic acids is 3.